The third-order valence-electron chi connectivity index (χ3n) is 5.66. The number of hydrogen-bond acceptors (Lipinski definition) is 3. The molecule has 4 nitrogen and oxygen atoms in total. The van der Waals surface area contributed by atoms with Crippen molar-refractivity contribution in [1.29, 1.82) is 5.26 Å². The van der Waals surface area contributed by atoms with E-state index in [2.05, 4.69) is 17.0 Å². The summed E-state index contributed by atoms with van der Waals surface area (Å²) in [7, 11) is 0. The van der Waals surface area contributed by atoms with Crippen LogP contribution in [0.5, 0.6) is 0 Å². The number of nitrogens with zero attached hydrogens (tertiary/aromatic N) is 3. The van der Waals surface area contributed by atoms with Crippen molar-refractivity contribution in [1.82, 2.24) is 0 Å². The molecular weight excluding hydrogens is 334 g/mol. The zero-order chi connectivity index (χ0) is 19.0. The highest BCUT2D eigenvalue weighted by atomic mass is 16.2. The van der Waals surface area contributed by atoms with Gasteiger partial charge >= 0.3 is 0 Å². The van der Waals surface area contributed by atoms with Gasteiger partial charge in [0.2, 0.25) is 0 Å². The van der Waals surface area contributed by atoms with Gasteiger partial charge < -0.3 is 9.80 Å². The van der Waals surface area contributed by atoms with Crippen molar-refractivity contribution in [3.8, 4) is 6.07 Å². The number of rotatable bonds is 4. The molecule has 1 aliphatic carbocycles. The van der Waals surface area contributed by atoms with Gasteiger partial charge in [-0.3, -0.25) is 4.79 Å². The van der Waals surface area contributed by atoms with E-state index >= 15 is 0 Å². The SMILES string of the molecule is CC(C)(C#N)c1ccc(C(=O)N2CCN(CC3CC3)c3ccccc32)cc1. The molecule has 4 rings (SSSR count). The van der Waals surface area contributed by atoms with E-state index in [0.29, 0.717) is 12.1 Å². The first-order valence-corrected chi connectivity index (χ1v) is 9.67. The van der Waals surface area contributed by atoms with E-state index in [0.717, 1.165) is 35.9 Å². The van der Waals surface area contributed by atoms with Gasteiger partial charge in [0.05, 0.1) is 22.9 Å². The summed E-state index contributed by atoms with van der Waals surface area (Å²) in [6.07, 6.45) is 2.65. The molecule has 0 unspecified atom stereocenters. The summed E-state index contributed by atoms with van der Waals surface area (Å²) in [4.78, 5) is 17.5. The van der Waals surface area contributed by atoms with Crippen molar-refractivity contribution >= 4 is 17.3 Å². The van der Waals surface area contributed by atoms with Gasteiger partial charge in [-0.2, -0.15) is 5.26 Å². The quantitative estimate of drug-likeness (QED) is 0.815. The number of fused-ring (bicyclic) bond motifs is 1. The molecule has 0 atom stereocenters. The molecule has 0 radical (unpaired) electrons. The summed E-state index contributed by atoms with van der Waals surface area (Å²) >= 11 is 0. The Bertz CT molecular complexity index is 891. The van der Waals surface area contributed by atoms with E-state index in [9.17, 15) is 10.1 Å². The number of benzene rings is 2. The van der Waals surface area contributed by atoms with Crippen LogP contribution in [0, 0.1) is 17.2 Å². The maximum absolute atomic E-state index is 13.2. The van der Waals surface area contributed by atoms with Gasteiger partial charge in [0.25, 0.3) is 5.91 Å². The fourth-order valence-electron chi connectivity index (χ4n) is 3.68. The first kappa shape index (κ1) is 17.6. The molecule has 0 spiro atoms. The van der Waals surface area contributed by atoms with Crippen LogP contribution in [0.2, 0.25) is 0 Å². The summed E-state index contributed by atoms with van der Waals surface area (Å²) in [5, 5.41) is 9.30. The molecule has 27 heavy (non-hydrogen) atoms. The Morgan fingerprint density at radius 2 is 1.74 bits per heavy atom. The second kappa shape index (κ2) is 6.74. The Morgan fingerprint density at radius 1 is 1.07 bits per heavy atom. The van der Waals surface area contributed by atoms with Crippen molar-refractivity contribution in [3.05, 3.63) is 59.7 Å². The van der Waals surface area contributed by atoms with Gasteiger partial charge in [-0.1, -0.05) is 24.3 Å². The van der Waals surface area contributed by atoms with Gasteiger partial charge in [0.1, 0.15) is 0 Å². The molecule has 138 valence electrons. The maximum atomic E-state index is 13.2. The minimum absolute atomic E-state index is 0.0230. The molecule has 0 saturated heterocycles. The Kier molecular flexibility index (Phi) is 4.39. The first-order chi connectivity index (χ1) is 13.0. The molecule has 1 heterocycles. The summed E-state index contributed by atoms with van der Waals surface area (Å²) < 4.78 is 0. The fraction of sp³-hybridized carbons (Fsp3) is 0.391. The van der Waals surface area contributed by atoms with Crippen molar-refractivity contribution in [2.75, 3.05) is 29.4 Å². The molecule has 0 bridgehead atoms. The summed E-state index contributed by atoms with van der Waals surface area (Å²) in [5.41, 5.74) is 3.19. The fourth-order valence-corrected chi connectivity index (χ4v) is 3.68. The average molecular weight is 359 g/mol. The van der Waals surface area contributed by atoms with Crippen molar-refractivity contribution in [2.24, 2.45) is 5.92 Å². The lowest BCUT2D eigenvalue weighted by Crippen LogP contribution is -2.44. The molecule has 2 aromatic rings. The maximum Gasteiger partial charge on any atom is 0.258 e. The highest BCUT2D eigenvalue weighted by molar-refractivity contribution is 6.08. The number of nitriles is 1. The van der Waals surface area contributed by atoms with E-state index in [4.69, 9.17) is 0 Å². The van der Waals surface area contributed by atoms with E-state index in [1.54, 1.807) is 0 Å². The number of carbonyl (C=O) groups excluding carboxylic acids is 1. The molecule has 1 amide bonds. The average Bonchev–Trinajstić information content (AvgIpc) is 3.52. The van der Waals surface area contributed by atoms with Gasteiger partial charge in [-0.25, -0.2) is 0 Å². The largest absolute Gasteiger partial charge is 0.368 e. The van der Waals surface area contributed by atoms with Crippen LogP contribution in [0.4, 0.5) is 11.4 Å². The zero-order valence-electron chi connectivity index (χ0n) is 16.0. The van der Waals surface area contributed by atoms with E-state index in [-0.39, 0.29) is 5.91 Å². The summed E-state index contributed by atoms with van der Waals surface area (Å²) in [5.74, 6) is 0.839. The molecule has 2 aromatic carbocycles. The lowest BCUT2D eigenvalue weighted by Gasteiger charge is -2.38. The minimum Gasteiger partial charge on any atom is -0.368 e. The normalized spacial score (nSPS) is 16.6. The van der Waals surface area contributed by atoms with Crippen LogP contribution in [-0.2, 0) is 5.41 Å². The summed E-state index contributed by atoms with van der Waals surface area (Å²) in [6.45, 7) is 6.45. The Balaban J connectivity index is 1.59. The molecule has 1 aliphatic heterocycles. The molecular formula is C23H25N3O. The Morgan fingerprint density at radius 3 is 2.37 bits per heavy atom. The van der Waals surface area contributed by atoms with Crippen LogP contribution < -0.4 is 9.80 Å². The number of para-hydroxylation sites is 2. The number of amides is 1. The summed E-state index contributed by atoms with van der Waals surface area (Å²) in [6, 6.07) is 18.0. The molecule has 0 aromatic heterocycles. The Hall–Kier alpha value is -2.80. The van der Waals surface area contributed by atoms with Crippen LogP contribution in [0.15, 0.2) is 48.5 Å². The lowest BCUT2D eigenvalue weighted by atomic mass is 9.86. The van der Waals surface area contributed by atoms with Crippen LogP contribution in [0.25, 0.3) is 0 Å². The second-order valence-electron chi connectivity index (χ2n) is 8.15. The standard InChI is InChI=1S/C23H25N3O/c1-23(2,16-24)19-11-9-18(10-12-19)22(27)26-14-13-25(15-17-7-8-17)20-5-3-4-6-21(20)26/h3-6,9-12,17H,7-8,13-15H2,1-2H3. The molecule has 1 saturated carbocycles. The number of carbonyl (C=O) groups is 1. The van der Waals surface area contributed by atoms with Gasteiger partial charge in [0, 0.05) is 25.2 Å². The minimum atomic E-state index is -0.553. The van der Waals surface area contributed by atoms with Gasteiger partial charge in [0.15, 0.2) is 0 Å². The van der Waals surface area contributed by atoms with E-state index in [1.165, 1.54) is 12.8 Å². The van der Waals surface area contributed by atoms with Gasteiger partial charge in [-0.05, 0) is 62.4 Å². The third kappa shape index (κ3) is 3.42. The molecule has 4 heteroatoms. The zero-order valence-corrected chi connectivity index (χ0v) is 16.0. The first-order valence-electron chi connectivity index (χ1n) is 9.67. The van der Waals surface area contributed by atoms with Crippen molar-refractivity contribution in [3.63, 3.8) is 0 Å². The van der Waals surface area contributed by atoms with Gasteiger partial charge in [-0.15, -0.1) is 0 Å². The van der Waals surface area contributed by atoms with Crippen LogP contribution in [0.1, 0.15) is 42.6 Å². The van der Waals surface area contributed by atoms with Crippen LogP contribution in [0.3, 0.4) is 0 Å². The lowest BCUT2D eigenvalue weighted by molar-refractivity contribution is 0.0986. The van der Waals surface area contributed by atoms with E-state index in [1.807, 2.05) is 61.2 Å². The van der Waals surface area contributed by atoms with Crippen molar-refractivity contribution < 1.29 is 4.79 Å². The molecule has 2 aliphatic rings. The number of hydrogen-bond donors (Lipinski definition) is 0. The predicted molar refractivity (Wildman–Crippen MR) is 108 cm³/mol. The van der Waals surface area contributed by atoms with Crippen LogP contribution >= 0.6 is 0 Å². The van der Waals surface area contributed by atoms with Crippen LogP contribution in [-0.4, -0.2) is 25.5 Å². The van der Waals surface area contributed by atoms with Crippen molar-refractivity contribution in [2.45, 2.75) is 32.1 Å². The Labute approximate surface area is 161 Å². The van der Waals surface area contributed by atoms with E-state index < -0.39 is 5.41 Å². The predicted octanol–water partition coefficient (Wildman–Crippen LogP) is 4.36. The highest BCUT2D eigenvalue weighted by Crippen LogP contribution is 2.37. The highest BCUT2D eigenvalue weighted by Gasteiger charge is 2.31. The number of anilines is 2. The topological polar surface area (TPSA) is 47.3 Å². The third-order valence-corrected chi connectivity index (χ3v) is 5.66. The molecule has 0 N–H and O–H groups in total. The molecule has 1 fully saturated rings. The smallest absolute Gasteiger partial charge is 0.258 e. The monoisotopic (exact) mass is 359 g/mol. The second-order valence-corrected chi connectivity index (χ2v) is 8.15.